The number of benzene rings is 1. The van der Waals surface area contributed by atoms with Gasteiger partial charge < -0.3 is 20.1 Å². The zero-order valence-corrected chi connectivity index (χ0v) is 13.1. The SMILES string of the molecule is C[NH+](C)CCc1nc(NCCCC(=O)[O-])c2ccccc2n1. The largest absolute Gasteiger partial charge is 0.550 e. The quantitative estimate of drug-likeness (QED) is 0.628. The number of aliphatic carboxylic acids is 1. The zero-order valence-electron chi connectivity index (χ0n) is 13.1. The number of hydrogen-bond acceptors (Lipinski definition) is 5. The Kier molecular flexibility index (Phi) is 5.66. The molecule has 2 rings (SSSR count). The van der Waals surface area contributed by atoms with Gasteiger partial charge in [0.25, 0.3) is 0 Å². The second-order valence-electron chi connectivity index (χ2n) is 5.62. The summed E-state index contributed by atoms with van der Waals surface area (Å²) in [5.74, 6) is 0.555. The number of carboxylic acids is 1. The van der Waals surface area contributed by atoms with E-state index >= 15 is 0 Å². The van der Waals surface area contributed by atoms with Crippen LogP contribution in [0, 0.1) is 0 Å². The van der Waals surface area contributed by atoms with Crippen molar-refractivity contribution in [1.29, 1.82) is 0 Å². The highest BCUT2D eigenvalue weighted by atomic mass is 16.4. The lowest BCUT2D eigenvalue weighted by molar-refractivity contribution is -0.858. The number of para-hydroxylation sites is 1. The predicted molar refractivity (Wildman–Crippen MR) is 83.7 cm³/mol. The zero-order chi connectivity index (χ0) is 15.9. The maximum atomic E-state index is 10.5. The Morgan fingerprint density at radius 3 is 2.77 bits per heavy atom. The normalized spacial score (nSPS) is 11.0. The molecule has 0 radical (unpaired) electrons. The van der Waals surface area contributed by atoms with Gasteiger partial charge in [-0.2, -0.15) is 0 Å². The number of aromatic nitrogens is 2. The van der Waals surface area contributed by atoms with E-state index in [-0.39, 0.29) is 6.42 Å². The average Bonchev–Trinajstić information content (AvgIpc) is 2.49. The molecule has 0 aliphatic rings. The van der Waals surface area contributed by atoms with Crippen molar-refractivity contribution in [3.8, 4) is 0 Å². The third kappa shape index (κ3) is 4.66. The number of fused-ring (bicyclic) bond motifs is 1. The average molecular weight is 302 g/mol. The minimum Gasteiger partial charge on any atom is -0.550 e. The van der Waals surface area contributed by atoms with Crippen LogP contribution in [0.4, 0.5) is 5.82 Å². The summed E-state index contributed by atoms with van der Waals surface area (Å²) in [5.41, 5.74) is 0.906. The molecule has 0 amide bonds. The highest BCUT2D eigenvalue weighted by molar-refractivity contribution is 5.88. The maximum Gasteiger partial charge on any atom is 0.137 e. The number of hydrogen-bond donors (Lipinski definition) is 2. The molecular formula is C16H22N4O2. The van der Waals surface area contributed by atoms with Gasteiger partial charge in [-0.15, -0.1) is 0 Å². The Bertz CT molecular complexity index is 643. The Balaban J connectivity index is 2.16. The Morgan fingerprint density at radius 1 is 1.27 bits per heavy atom. The Morgan fingerprint density at radius 2 is 2.05 bits per heavy atom. The molecule has 2 N–H and O–H groups in total. The van der Waals surface area contributed by atoms with Gasteiger partial charge in [0.2, 0.25) is 0 Å². The molecule has 0 atom stereocenters. The fraction of sp³-hybridized carbons (Fsp3) is 0.438. The number of carboxylic acid groups (broad SMARTS) is 1. The van der Waals surface area contributed by atoms with E-state index in [4.69, 9.17) is 0 Å². The molecule has 0 aliphatic heterocycles. The van der Waals surface area contributed by atoms with Gasteiger partial charge in [0.1, 0.15) is 11.6 Å². The Labute approximate surface area is 130 Å². The monoisotopic (exact) mass is 302 g/mol. The lowest BCUT2D eigenvalue weighted by atomic mass is 10.2. The van der Waals surface area contributed by atoms with Crippen molar-refractivity contribution in [2.45, 2.75) is 19.3 Å². The van der Waals surface area contributed by atoms with Gasteiger partial charge >= 0.3 is 0 Å². The van der Waals surface area contributed by atoms with Crippen molar-refractivity contribution in [2.24, 2.45) is 0 Å². The molecule has 0 saturated heterocycles. The molecule has 0 fully saturated rings. The lowest BCUT2D eigenvalue weighted by Crippen LogP contribution is -3.06. The molecule has 22 heavy (non-hydrogen) atoms. The molecule has 6 nitrogen and oxygen atoms in total. The molecule has 0 saturated carbocycles. The minimum atomic E-state index is -1.02. The minimum absolute atomic E-state index is 0.0485. The van der Waals surface area contributed by atoms with Crippen molar-refractivity contribution in [2.75, 3.05) is 32.5 Å². The molecule has 0 spiro atoms. The van der Waals surface area contributed by atoms with E-state index in [2.05, 4.69) is 29.4 Å². The van der Waals surface area contributed by atoms with Crippen LogP contribution in [0.25, 0.3) is 10.9 Å². The number of nitrogens with zero attached hydrogens (tertiary/aromatic N) is 2. The van der Waals surface area contributed by atoms with Gasteiger partial charge in [0.15, 0.2) is 0 Å². The lowest BCUT2D eigenvalue weighted by Gasteiger charge is -2.12. The van der Waals surface area contributed by atoms with Crippen molar-refractivity contribution in [1.82, 2.24) is 9.97 Å². The van der Waals surface area contributed by atoms with Crippen LogP contribution < -0.4 is 15.3 Å². The maximum absolute atomic E-state index is 10.5. The number of rotatable bonds is 8. The van der Waals surface area contributed by atoms with E-state index < -0.39 is 5.97 Å². The summed E-state index contributed by atoms with van der Waals surface area (Å²) < 4.78 is 0. The van der Waals surface area contributed by atoms with Crippen molar-refractivity contribution in [3.05, 3.63) is 30.1 Å². The van der Waals surface area contributed by atoms with Gasteiger partial charge in [0, 0.05) is 17.9 Å². The summed E-state index contributed by atoms with van der Waals surface area (Å²) in [6, 6.07) is 7.84. The third-order valence-electron chi connectivity index (χ3n) is 3.35. The van der Waals surface area contributed by atoms with Gasteiger partial charge in [-0.1, -0.05) is 12.1 Å². The molecule has 118 valence electrons. The second-order valence-corrected chi connectivity index (χ2v) is 5.62. The highest BCUT2D eigenvalue weighted by Gasteiger charge is 2.08. The smallest absolute Gasteiger partial charge is 0.137 e. The molecule has 0 unspecified atom stereocenters. The molecular weight excluding hydrogens is 280 g/mol. The summed E-state index contributed by atoms with van der Waals surface area (Å²) in [7, 11) is 4.19. The predicted octanol–water partition coefficient (Wildman–Crippen LogP) is -0.741. The van der Waals surface area contributed by atoms with Gasteiger partial charge in [-0.3, -0.25) is 0 Å². The molecule has 1 aromatic carbocycles. The second kappa shape index (κ2) is 7.70. The van der Waals surface area contributed by atoms with E-state index in [0.29, 0.717) is 13.0 Å². The number of anilines is 1. The summed E-state index contributed by atoms with van der Waals surface area (Å²) in [5, 5.41) is 14.6. The van der Waals surface area contributed by atoms with Crippen LogP contribution in [0.1, 0.15) is 18.7 Å². The van der Waals surface area contributed by atoms with Crippen LogP contribution in [0.3, 0.4) is 0 Å². The number of likely N-dealkylation sites (N-methyl/N-ethyl adjacent to an activating group) is 1. The molecule has 0 bridgehead atoms. The number of quaternary nitrogens is 1. The molecule has 1 heterocycles. The van der Waals surface area contributed by atoms with Crippen LogP contribution in [0.15, 0.2) is 24.3 Å². The molecule has 6 heteroatoms. The third-order valence-corrected chi connectivity index (χ3v) is 3.35. The number of nitrogens with one attached hydrogen (secondary N) is 2. The fourth-order valence-electron chi connectivity index (χ4n) is 2.17. The first kappa shape index (κ1) is 16.2. The first-order chi connectivity index (χ1) is 10.6. The van der Waals surface area contributed by atoms with Crippen LogP contribution in [-0.4, -0.2) is 43.1 Å². The van der Waals surface area contributed by atoms with E-state index in [1.807, 2.05) is 24.3 Å². The van der Waals surface area contributed by atoms with Crippen molar-refractivity contribution in [3.63, 3.8) is 0 Å². The van der Waals surface area contributed by atoms with E-state index in [9.17, 15) is 9.90 Å². The van der Waals surface area contributed by atoms with Crippen molar-refractivity contribution >= 4 is 22.7 Å². The first-order valence-corrected chi connectivity index (χ1v) is 7.54. The summed E-state index contributed by atoms with van der Waals surface area (Å²) in [4.78, 5) is 21.0. The summed E-state index contributed by atoms with van der Waals surface area (Å²) >= 11 is 0. The van der Waals surface area contributed by atoms with Gasteiger partial charge in [-0.05, 0) is 25.0 Å². The van der Waals surface area contributed by atoms with E-state index in [1.165, 1.54) is 4.90 Å². The number of carbonyl (C=O) groups is 1. The highest BCUT2D eigenvalue weighted by Crippen LogP contribution is 2.20. The van der Waals surface area contributed by atoms with Crippen molar-refractivity contribution < 1.29 is 14.8 Å². The molecule has 1 aromatic heterocycles. The van der Waals surface area contributed by atoms with Gasteiger partial charge in [-0.25, -0.2) is 9.97 Å². The van der Waals surface area contributed by atoms with Crippen LogP contribution in [-0.2, 0) is 11.2 Å². The first-order valence-electron chi connectivity index (χ1n) is 7.54. The van der Waals surface area contributed by atoms with E-state index in [1.54, 1.807) is 0 Å². The van der Waals surface area contributed by atoms with Crippen LogP contribution in [0.2, 0.25) is 0 Å². The molecule has 0 aliphatic carbocycles. The summed E-state index contributed by atoms with van der Waals surface area (Å²) in [6.07, 6.45) is 1.37. The topological polar surface area (TPSA) is 82.4 Å². The summed E-state index contributed by atoms with van der Waals surface area (Å²) in [6.45, 7) is 1.51. The Hall–Kier alpha value is -2.21. The van der Waals surface area contributed by atoms with Crippen LogP contribution in [0.5, 0.6) is 0 Å². The van der Waals surface area contributed by atoms with Gasteiger partial charge in [0.05, 0.1) is 32.6 Å². The molecule has 2 aromatic rings. The van der Waals surface area contributed by atoms with Crippen LogP contribution >= 0.6 is 0 Å². The number of carbonyl (C=O) groups excluding carboxylic acids is 1. The standard InChI is InChI=1S/C16H22N4O2/c1-20(2)11-9-14-18-13-7-4-3-6-12(13)16(19-14)17-10-5-8-15(21)22/h3-4,6-7H,5,8-11H2,1-2H3,(H,21,22)(H,17,18,19). The fourth-order valence-corrected chi connectivity index (χ4v) is 2.17. The van der Waals surface area contributed by atoms with E-state index in [0.717, 1.165) is 35.5 Å².